The van der Waals surface area contributed by atoms with E-state index in [1.54, 1.807) is 40.3 Å². The van der Waals surface area contributed by atoms with Gasteiger partial charge in [0.1, 0.15) is 17.2 Å². The van der Waals surface area contributed by atoms with Crippen LogP contribution in [0.5, 0.6) is 17.2 Å². The molecule has 1 amide bonds. The van der Waals surface area contributed by atoms with Gasteiger partial charge in [-0.15, -0.1) is 0 Å². The van der Waals surface area contributed by atoms with Crippen molar-refractivity contribution in [2.75, 3.05) is 48.5 Å². The van der Waals surface area contributed by atoms with Gasteiger partial charge >= 0.3 is 0 Å². The highest BCUT2D eigenvalue weighted by Gasteiger charge is 2.13. The van der Waals surface area contributed by atoms with Gasteiger partial charge in [-0.3, -0.25) is 4.79 Å². The van der Waals surface area contributed by atoms with Crippen LogP contribution in [0.15, 0.2) is 41.4 Å². The second-order valence-corrected chi connectivity index (χ2v) is 7.28. The number of carbonyl (C=O) groups excluding carboxylic acids is 1. The number of rotatable bonds is 10. The Kier molecular flexibility index (Phi) is 9.66. The highest BCUT2D eigenvalue weighted by atomic mass is 16.5. The van der Waals surface area contributed by atoms with Crippen LogP contribution in [-0.4, -0.2) is 65.3 Å². The maximum absolute atomic E-state index is 12.0. The molecule has 8 nitrogen and oxygen atoms in total. The van der Waals surface area contributed by atoms with Crippen LogP contribution in [0.3, 0.4) is 0 Å². The largest absolute Gasteiger partial charge is 0.496 e. The molecule has 8 heteroatoms. The van der Waals surface area contributed by atoms with Gasteiger partial charge in [0.05, 0.1) is 27.9 Å². The summed E-state index contributed by atoms with van der Waals surface area (Å²) >= 11 is 0. The lowest BCUT2D eigenvalue weighted by Crippen LogP contribution is -2.38. The molecule has 0 saturated heterocycles. The molecule has 0 unspecified atom stereocenters. The van der Waals surface area contributed by atoms with Crippen LogP contribution >= 0.6 is 0 Å². The van der Waals surface area contributed by atoms with Crippen LogP contribution in [0.4, 0.5) is 0 Å². The first-order valence-corrected chi connectivity index (χ1v) is 10.5. The van der Waals surface area contributed by atoms with Crippen molar-refractivity contribution in [2.45, 2.75) is 19.9 Å². The zero-order valence-electron chi connectivity index (χ0n) is 19.8. The van der Waals surface area contributed by atoms with E-state index >= 15 is 0 Å². The second-order valence-electron chi connectivity index (χ2n) is 7.28. The highest BCUT2D eigenvalue weighted by Crippen LogP contribution is 2.34. The normalized spacial score (nSPS) is 11.0. The Bertz CT molecular complexity index is 886. The topological polar surface area (TPSA) is 84.4 Å². The molecule has 0 bridgehead atoms. The smallest absolute Gasteiger partial charge is 0.253 e. The van der Waals surface area contributed by atoms with Crippen LogP contribution in [0, 0.1) is 0 Å². The molecule has 0 aliphatic rings. The molecule has 0 aromatic heterocycles. The molecule has 174 valence electrons. The van der Waals surface area contributed by atoms with Crippen molar-refractivity contribution >= 4 is 11.9 Å². The standard InChI is InChI=1S/C24H34N4O4/c1-7-25-24(27-16-17-8-10-18(11-9-17)23(29)28(2)3)26-13-12-20-21(31-5)14-19(30-4)15-22(20)32-6/h8-11,14-15H,7,12-13,16H2,1-6H3,(H2,25,26,27). The van der Waals surface area contributed by atoms with Crippen molar-refractivity contribution in [3.8, 4) is 17.2 Å². The van der Waals surface area contributed by atoms with Gasteiger partial charge in [-0.1, -0.05) is 12.1 Å². The third-order valence-corrected chi connectivity index (χ3v) is 4.86. The summed E-state index contributed by atoms with van der Waals surface area (Å²) in [6.45, 7) is 3.91. The molecule has 0 heterocycles. The molecular weight excluding hydrogens is 408 g/mol. The minimum atomic E-state index is -0.0144. The maximum Gasteiger partial charge on any atom is 0.253 e. The Morgan fingerprint density at radius 3 is 2.09 bits per heavy atom. The molecule has 32 heavy (non-hydrogen) atoms. The maximum atomic E-state index is 12.0. The van der Waals surface area contributed by atoms with Crippen molar-refractivity contribution in [1.29, 1.82) is 0 Å². The SMILES string of the molecule is CCNC(=NCc1ccc(C(=O)N(C)C)cc1)NCCc1c(OC)cc(OC)cc1OC. The Morgan fingerprint density at radius 2 is 1.59 bits per heavy atom. The number of nitrogens with zero attached hydrogens (tertiary/aromatic N) is 2. The van der Waals surface area contributed by atoms with E-state index in [9.17, 15) is 4.79 Å². The molecule has 0 radical (unpaired) electrons. The van der Waals surface area contributed by atoms with E-state index in [0.717, 1.165) is 29.2 Å². The van der Waals surface area contributed by atoms with E-state index < -0.39 is 0 Å². The van der Waals surface area contributed by atoms with Crippen LogP contribution < -0.4 is 24.8 Å². The summed E-state index contributed by atoms with van der Waals surface area (Å²) in [6, 6.07) is 11.2. The Labute approximate surface area is 190 Å². The van der Waals surface area contributed by atoms with Crippen LogP contribution in [0.1, 0.15) is 28.4 Å². The van der Waals surface area contributed by atoms with Gasteiger partial charge in [0.2, 0.25) is 0 Å². The first-order chi connectivity index (χ1) is 15.4. The molecule has 0 spiro atoms. The molecular formula is C24H34N4O4. The fraction of sp³-hybridized carbons (Fsp3) is 0.417. The molecule has 2 aromatic carbocycles. The number of aliphatic imine (C=N–C) groups is 1. The van der Waals surface area contributed by atoms with Gasteiger partial charge in [0.15, 0.2) is 5.96 Å². The number of ether oxygens (including phenoxy) is 3. The lowest BCUT2D eigenvalue weighted by Gasteiger charge is -2.16. The van der Waals surface area contributed by atoms with E-state index in [1.165, 1.54) is 0 Å². The number of hydrogen-bond donors (Lipinski definition) is 2. The predicted octanol–water partition coefficient (Wildman–Crippen LogP) is 2.71. The molecule has 0 aliphatic heterocycles. The number of hydrogen-bond acceptors (Lipinski definition) is 5. The van der Waals surface area contributed by atoms with Gasteiger partial charge in [-0.25, -0.2) is 4.99 Å². The van der Waals surface area contributed by atoms with Gasteiger partial charge in [-0.05, 0) is 31.0 Å². The third kappa shape index (κ3) is 6.80. The number of methoxy groups -OCH3 is 3. The molecule has 0 saturated carbocycles. The minimum absolute atomic E-state index is 0.0144. The Hall–Kier alpha value is -3.42. The molecule has 0 aliphatic carbocycles. The molecule has 2 aromatic rings. The number of carbonyl (C=O) groups is 1. The number of nitrogens with one attached hydrogen (secondary N) is 2. The van der Waals surface area contributed by atoms with Crippen molar-refractivity contribution in [3.63, 3.8) is 0 Å². The van der Waals surface area contributed by atoms with Crippen molar-refractivity contribution in [1.82, 2.24) is 15.5 Å². The Morgan fingerprint density at radius 1 is 0.969 bits per heavy atom. The van der Waals surface area contributed by atoms with Crippen molar-refractivity contribution in [3.05, 3.63) is 53.1 Å². The summed E-state index contributed by atoms with van der Waals surface area (Å²) < 4.78 is 16.4. The van der Waals surface area contributed by atoms with Crippen LogP contribution in [0.2, 0.25) is 0 Å². The first kappa shape index (κ1) is 24.8. The molecule has 2 rings (SSSR count). The van der Waals surface area contributed by atoms with E-state index in [1.807, 2.05) is 43.3 Å². The average Bonchev–Trinajstić information content (AvgIpc) is 2.81. The zero-order chi connectivity index (χ0) is 23.5. The third-order valence-electron chi connectivity index (χ3n) is 4.86. The van der Waals surface area contributed by atoms with E-state index in [2.05, 4.69) is 15.6 Å². The Balaban J connectivity index is 2.04. The van der Waals surface area contributed by atoms with E-state index in [0.29, 0.717) is 36.8 Å². The summed E-state index contributed by atoms with van der Waals surface area (Å²) in [7, 11) is 8.36. The monoisotopic (exact) mass is 442 g/mol. The zero-order valence-corrected chi connectivity index (χ0v) is 19.8. The fourth-order valence-electron chi connectivity index (χ4n) is 3.15. The summed E-state index contributed by atoms with van der Waals surface area (Å²) in [5.41, 5.74) is 2.64. The number of guanidine groups is 1. The summed E-state index contributed by atoms with van der Waals surface area (Å²) in [5.74, 6) is 2.82. The summed E-state index contributed by atoms with van der Waals surface area (Å²) in [6.07, 6.45) is 0.683. The van der Waals surface area contributed by atoms with Gasteiger partial charge < -0.3 is 29.7 Å². The van der Waals surface area contributed by atoms with Gasteiger partial charge in [0.25, 0.3) is 5.91 Å². The molecule has 2 N–H and O–H groups in total. The van der Waals surface area contributed by atoms with Gasteiger partial charge in [0, 0.05) is 50.4 Å². The van der Waals surface area contributed by atoms with Crippen molar-refractivity contribution < 1.29 is 19.0 Å². The first-order valence-electron chi connectivity index (χ1n) is 10.5. The van der Waals surface area contributed by atoms with Crippen LogP contribution in [-0.2, 0) is 13.0 Å². The highest BCUT2D eigenvalue weighted by molar-refractivity contribution is 5.93. The predicted molar refractivity (Wildman–Crippen MR) is 127 cm³/mol. The average molecular weight is 443 g/mol. The minimum Gasteiger partial charge on any atom is -0.496 e. The summed E-state index contributed by atoms with van der Waals surface area (Å²) in [4.78, 5) is 18.2. The molecule has 0 atom stereocenters. The van der Waals surface area contributed by atoms with Crippen LogP contribution in [0.25, 0.3) is 0 Å². The second kappa shape index (κ2) is 12.4. The van der Waals surface area contributed by atoms with E-state index in [-0.39, 0.29) is 5.91 Å². The summed E-state index contributed by atoms with van der Waals surface area (Å²) in [5, 5.41) is 6.61. The molecule has 0 fully saturated rings. The lowest BCUT2D eigenvalue weighted by molar-refractivity contribution is 0.0827. The van der Waals surface area contributed by atoms with Crippen molar-refractivity contribution in [2.24, 2.45) is 4.99 Å². The van der Waals surface area contributed by atoms with E-state index in [4.69, 9.17) is 14.2 Å². The number of benzene rings is 2. The lowest BCUT2D eigenvalue weighted by atomic mass is 10.1. The van der Waals surface area contributed by atoms with Gasteiger partial charge in [-0.2, -0.15) is 0 Å². The number of amides is 1. The fourth-order valence-corrected chi connectivity index (χ4v) is 3.15. The quantitative estimate of drug-likeness (QED) is 0.435.